The van der Waals surface area contributed by atoms with Crippen molar-refractivity contribution >= 4 is 34.3 Å². The van der Waals surface area contributed by atoms with E-state index in [1.165, 1.54) is 0 Å². The lowest BCUT2D eigenvalue weighted by atomic mass is 9.85. The highest BCUT2D eigenvalue weighted by molar-refractivity contribution is 6.35. The van der Waals surface area contributed by atoms with Gasteiger partial charge < -0.3 is 10.4 Å². The van der Waals surface area contributed by atoms with Gasteiger partial charge in [0.1, 0.15) is 5.82 Å². The minimum absolute atomic E-state index is 0.111. The third-order valence-electron chi connectivity index (χ3n) is 4.73. The van der Waals surface area contributed by atoms with Gasteiger partial charge in [0.05, 0.1) is 12.1 Å². The summed E-state index contributed by atoms with van der Waals surface area (Å²) in [6.07, 6.45) is 1.88. The van der Waals surface area contributed by atoms with Gasteiger partial charge in [-0.25, -0.2) is 4.98 Å². The molecule has 1 saturated carbocycles. The van der Waals surface area contributed by atoms with Crippen LogP contribution in [0, 0.1) is 6.92 Å². The van der Waals surface area contributed by atoms with Crippen molar-refractivity contribution in [2.24, 2.45) is 0 Å². The lowest BCUT2D eigenvalue weighted by Gasteiger charge is -2.42. The zero-order chi connectivity index (χ0) is 17.3. The predicted molar refractivity (Wildman–Crippen MR) is 96.8 cm³/mol. The molecular weight excluding hydrogens is 326 g/mol. The predicted octanol–water partition coefficient (Wildman–Crippen LogP) is 3.55. The van der Waals surface area contributed by atoms with Gasteiger partial charge in [-0.2, -0.15) is 0 Å². The van der Waals surface area contributed by atoms with E-state index in [2.05, 4.69) is 5.32 Å². The zero-order valence-corrected chi connectivity index (χ0v) is 14.7. The molecular formula is C18H22ClN3O2. The molecule has 5 nitrogen and oxygen atoms in total. The fourth-order valence-electron chi connectivity index (χ4n) is 3.29. The van der Waals surface area contributed by atoms with Crippen molar-refractivity contribution in [3.63, 3.8) is 0 Å². The summed E-state index contributed by atoms with van der Waals surface area (Å²) < 4.78 is 0. The second-order valence-electron chi connectivity index (χ2n) is 6.38. The number of carbonyl (C=O) groups is 1. The van der Waals surface area contributed by atoms with Crippen molar-refractivity contribution in [1.82, 2.24) is 9.88 Å². The summed E-state index contributed by atoms with van der Waals surface area (Å²) in [5.41, 5.74) is 2.02. The molecule has 3 rings (SSSR count). The molecule has 2 aromatic rings. The van der Waals surface area contributed by atoms with Gasteiger partial charge in [0.15, 0.2) is 0 Å². The third-order valence-corrected chi connectivity index (χ3v) is 5.06. The average Bonchev–Trinajstić information content (AvgIpc) is 2.52. The Labute approximate surface area is 146 Å². The standard InChI is InChI=1S/C18H22ClN3O2/c1-3-22(10-17(23)24)13-8-12(9-13)20-16-7-5-14-15(19)6-4-11(2)18(14)21-16/h4-7,12-13H,3,8-10H2,1-2H3,(H,20,21)(H,23,24). The fraction of sp³-hybridized carbons (Fsp3) is 0.444. The number of carboxylic acid groups (broad SMARTS) is 1. The third kappa shape index (κ3) is 3.47. The Morgan fingerprint density at radius 3 is 2.79 bits per heavy atom. The van der Waals surface area contributed by atoms with Crippen LogP contribution in [0.15, 0.2) is 24.3 Å². The van der Waals surface area contributed by atoms with Gasteiger partial charge in [0.2, 0.25) is 0 Å². The molecule has 0 amide bonds. The summed E-state index contributed by atoms with van der Waals surface area (Å²) in [7, 11) is 0. The van der Waals surface area contributed by atoms with E-state index in [4.69, 9.17) is 21.7 Å². The maximum atomic E-state index is 10.9. The van der Waals surface area contributed by atoms with Crippen LogP contribution in [0.4, 0.5) is 5.82 Å². The molecule has 0 bridgehead atoms. The molecule has 0 unspecified atom stereocenters. The Hall–Kier alpha value is -1.85. The van der Waals surface area contributed by atoms with Crippen LogP contribution in [0.1, 0.15) is 25.3 Å². The average molecular weight is 348 g/mol. The Morgan fingerprint density at radius 1 is 1.38 bits per heavy atom. The number of fused-ring (bicyclic) bond motifs is 1. The van der Waals surface area contributed by atoms with Crippen molar-refractivity contribution in [2.45, 2.75) is 38.8 Å². The first-order valence-corrected chi connectivity index (χ1v) is 8.64. The van der Waals surface area contributed by atoms with Crippen molar-refractivity contribution in [2.75, 3.05) is 18.4 Å². The Bertz CT molecular complexity index is 759. The van der Waals surface area contributed by atoms with Gasteiger partial charge in [-0.1, -0.05) is 24.6 Å². The number of pyridine rings is 1. The lowest BCUT2D eigenvalue weighted by molar-refractivity contribution is -0.139. The van der Waals surface area contributed by atoms with Crippen LogP contribution in [-0.4, -0.2) is 46.1 Å². The largest absolute Gasteiger partial charge is 0.480 e. The Balaban J connectivity index is 1.65. The van der Waals surface area contributed by atoms with E-state index in [0.717, 1.165) is 41.7 Å². The highest BCUT2D eigenvalue weighted by atomic mass is 35.5. The van der Waals surface area contributed by atoms with E-state index < -0.39 is 5.97 Å². The maximum Gasteiger partial charge on any atom is 0.317 e. The van der Waals surface area contributed by atoms with Crippen LogP contribution in [0.25, 0.3) is 10.9 Å². The van der Waals surface area contributed by atoms with E-state index in [1.54, 1.807) is 0 Å². The minimum Gasteiger partial charge on any atom is -0.480 e. The van der Waals surface area contributed by atoms with E-state index in [-0.39, 0.29) is 6.54 Å². The number of aryl methyl sites for hydroxylation is 1. The van der Waals surface area contributed by atoms with Gasteiger partial charge in [-0.3, -0.25) is 9.69 Å². The summed E-state index contributed by atoms with van der Waals surface area (Å²) in [6.45, 7) is 4.90. The molecule has 1 aromatic carbocycles. The van der Waals surface area contributed by atoms with Gasteiger partial charge >= 0.3 is 5.97 Å². The first-order valence-electron chi connectivity index (χ1n) is 8.26. The first kappa shape index (κ1) is 17.0. The molecule has 1 aliphatic carbocycles. The van der Waals surface area contributed by atoms with Crippen molar-refractivity contribution in [3.05, 3.63) is 34.9 Å². The smallest absolute Gasteiger partial charge is 0.317 e. The molecule has 0 radical (unpaired) electrons. The molecule has 1 aromatic heterocycles. The second-order valence-corrected chi connectivity index (χ2v) is 6.79. The first-order chi connectivity index (χ1) is 11.5. The van der Waals surface area contributed by atoms with Crippen LogP contribution >= 0.6 is 11.6 Å². The molecule has 1 aliphatic rings. The molecule has 0 saturated heterocycles. The quantitative estimate of drug-likeness (QED) is 0.836. The number of carboxylic acids is 1. The SMILES string of the molecule is CCN(CC(=O)O)C1CC(Nc2ccc3c(Cl)ccc(C)c3n2)C1. The number of rotatable bonds is 6. The number of hydrogen-bond donors (Lipinski definition) is 2. The maximum absolute atomic E-state index is 10.9. The van der Waals surface area contributed by atoms with Gasteiger partial charge in [0.25, 0.3) is 0 Å². The minimum atomic E-state index is -0.767. The summed E-state index contributed by atoms with van der Waals surface area (Å²) in [4.78, 5) is 17.6. The monoisotopic (exact) mass is 347 g/mol. The number of likely N-dealkylation sites (N-methyl/N-ethyl adjacent to an activating group) is 1. The zero-order valence-electron chi connectivity index (χ0n) is 13.9. The van der Waals surface area contributed by atoms with E-state index in [1.807, 2.05) is 43.0 Å². The Kier molecular flexibility index (Phi) is 4.92. The summed E-state index contributed by atoms with van der Waals surface area (Å²) in [5, 5.41) is 14.1. The van der Waals surface area contributed by atoms with E-state index in [9.17, 15) is 4.79 Å². The fourth-order valence-corrected chi connectivity index (χ4v) is 3.50. The number of aliphatic carboxylic acids is 1. The number of halogens is 1. The van der Waals surface area contributed by atoms with Crippen LogP contribution in [0.5, 0.6) is 0 Å². The topological polar surface area (TPSA) is 65.5 Å². The molecule has 6 heteroatoms. The van der Waals surface area contributed by atoms with Gasteiger partial charge in [-0.05, 0) is 50.1 Å². The highest BCUT2D eigenvalue weighted by Gasteiger charge is 2.33. The van der Waals surface area contributed by atoms with Crippen molar-refractivity contribution in [1.29, 1.82) is 0 Å². The highest BCUT2D eigenvalue weighted by Crippen LogP contribution is 2.30. The Morgan fingerprint density at radius 2 is 2.12 bits per heavy atom. The van der Waals surface area contributed by atoms with Crippen LogP contribution in [0.2, 0.25) is 5.02 Å². The normalized spacial score (nSPS) is 20.2. The van der Waals surface area contributed by atoms with Crippen LogP contribution < -0.4 is 5.32 Å². The van der Waals surface area contributed by atoms with Gasteiger partial charge in [-0.15, -0.1) is 0 Å². The molecule has 1 heterocycles. The molecule has 0 atom stereocenters. The van der Waals surface area contributed by atoms with E-state index in [0.29, 0.717) is 17.1 Å². The van der Waals surface area contributed by atoms with Crippen LogP contribution in [-0.2, 0) is 4.79 Å². The molecule has 24 heavy (non-hydrogen) atoms. The molecule has 1 fully saturated rings. The van der Waals surface area contributed by atoms with Crippen molar-refractivity contribution < 1.29 is 9.90 Å². The van der Waals surface area contributed by atoms with Crippen molar-refractivity contribution in [3.8, 4) is 0 Å². The number of anilines is 1. The number of nitrogens with zero attached hydrogens (tertiary/aromatic N) is 2. The van der Waals surface area contributed by atoms with Gasteiger partial charge in [0, 0.05) is 22.5 Å². The summed E-state index contributed by atoms with van der Waals surface area (Å²) in [6, 6.07) is 8.50. The number of benzene rings is 1. The van der Waals surface area contributed by atoms with E-state index >= 15 is 0 Å². The molecule has 2 N–H and O–H groups in total. The molecule has 128 valence electrons. The number of hydrogen-bond acceptors (Lipinski definition) is 4. The van der Waals surface area contributed by atoms with Crippen LogP contribution in [0.3, 0.4) is 0 Å². The lowest BCUT2D eigenvalue weighted by Crippen LogP contribution is -2.51. The number of aromatic nitrogens is 1. The number of nitrogens with one attached hydrogen (secondary N) is 1. The summed E-state index contributed by atoms with van der Waals surface area (Å²) >= 11 is 6.22. The summed E-state index contributed by atoms with van der Waals surface area (Å²) in [5.74, 6) is 0.0782. The molecule has 0 spiro atoms. The second kappa shape index (κ2) is 6.95. The molecule has 0 aliphatic heterocycles.